The van der Waals surface area contributed by atoms with Gasteiger partial charge in [0.05, 0.1) is 11.6 Å². The van der Waals surface area contributed by atoms with E-state index in [4.69, 9.17) is 16.7 Å². The Morgan fingerprint density at radius 1 is 1.10 bits per heavy atom. The van der Waals surface area contributed by atoms with Crippen LogP contribution in [0, 0.1) is 6.92 Å². The van der Waals surface area contributed by atoms with E-state index in [2.05, 4.69) is 10.3 Å². The van der Waals surface area contributed by atoms with Gasteiger partial charge >= 0.3 is 12.1 Å². The highest BCUT2D eigenvalue weighted by atomic mass is 35.5. The first-order valence-corrected chi connectivity index (χ1v) is 9.43. The summed E-state index contributed by atoms with van der Waals surface area (Å²) in [4.78, 5) is 27.5. The number of aromatic nitrogens is 2. The molecule has 0 fully saturated rings. The van der Waals surface area contributed by atoms with Crippen LogP contribution in [0.2, 0.25) is 5.02 Å². The zero-order chi connectivity index (χ0) is 22.9. The SMILES string of the molecule is Cc1nc(C(F)(F)F)c(C(=O)N[C@@H](C)c2ccc(C(=O)O)cc2)n1-c1ccc(Cl)cc1. The van der Waals surface area contributed by atoms with Crippen molar-refractivity contribution in [3.8, 4) is 5.69 Å². The highest BCUT2D eigenvalue weighted by Gasteiger charge is 2.41. The van der Waals surface area contributed by atoms with Crippen LogP contribution >= 0.6 is 11.6 Å². The summed E-state index contributed by atoms with van der Waals surface area (Å²) in [6.07, 6.45) is -4.85. The molecule has 0 spiro atoms. The number of rotatable bonds is 5. The summed E-state index contributed by atoms with van der Waals surface area (Å²) in [5.74, 6) is -2.10. The number of amides is 1. The Morgan fingerprint density at radius 3 is 2.19 bits per heavy atom. The minimum atomic E-state index is -4.85. The van der Waals surface area contributed by atoms with Crippen molar-refractivity contribution in [3.63, 3.8) is 0 Å². The van der Waals surface area contributed by atoms with Crippen molar-refractivity contribution in [1.82, 2.24) is 14.9 Å². The molecule has 0 saturated carbocycles. The Balaban J connectivity index is 2.00. The van der Waals surface area contributed by atoms with Crippen LogP contribution in [0.15, 0.2) is 48.5 Å². The number of benzene rings is 2. The van der Waals surface area contributed by atoms with Gasteiger partial charge in [0.25, 0.3) is 5.91 Å². The standard InChI is InChI=1S/C21H17ClF3N3O3/c1-11(13-3-5-14(6-4-13)20(30)31)26-19(29)17-18(21(23,24)25)27-12(2)28(17)16-9-7-15(22)8-10-16/h3-11H,1-2H3,(H,26,29)(H,30,31)/t11-/m0/s1. The molecule has 6 nitrogen and oxygen atoms in total. The molecule has 0 aliphatic heterocycles. The Bertz CT molecular complexity index is 1120. The minimum absolute atomic E-state index is 0.0155. The molecule has 3 aromatic rings. The summed E-state index contributed by atoms with van der Waals surface area (Å²) in [5.41, 5.74) is -1.07. The molecule has 0 aliphatic rings. The van der Waals surface area contributed by atoms with Gasteiger partial charge in [0, 0.05) is 10.7 Å². The van der Waals surface area contributed by atoms with Gasteiger partial charge < -0.3 is 10.4 Å². The van der Waals surface area contributed by atoms with Crippen molar-refractivity contribution in [2.24, 2.45) is 0 Å². The fourth-order valence-corrected chi connectivity index (χ4v) is 3.23. The predicted octanol–water partition coefficient (Wildman–Crippen LogP) is 5.04. The van der Waals surface area contributed by atoms with Gasteiger partial charge in [-0.3, -0.25) is 9.36 Å². The normalized spacial score (nSPS) is 12.5. The van der Waals surface area contributed by atoms with Crippen LogP contribution in [0.4, 0.5) is 13.2 Å². The van der Waals surface area contributed by atoms with Gasteiger partial charge in [-0.2, -0.15) is 13.2 Å². The zero-order valence-corrected chi connectivity index (χ0v) is 17.1. The lowest BCUT2D eigenvalue weighted by atomic mass is 10.1. The van der Waals surface area contributed by atoms with Gasteiger partial charge in [0.1, 0.15) is 11.5 Å². The van der Waals surface area contributed by atoms with Crippen LogP contribution in [0.25, 0.3) is 5.69 Å². The Hall–Kier alpha value is -3.33. The summed E-state index contributed by atoms with van der Waals surface area (Å²) in [5, 5.41) is 11.9. The molecule has 0 radical (unpaired) electrons. The molecule has 0 bridgehead atoms. The molecule has 1 heterocycles. The second-order valence-corrected chi connectivity index (χ2v) is 7.22. The molecule has 1 amide bonds. The van der Waals surface area contributed by atoms with Gasteiger partial charge in [-0.1, -0.05) is 23.7 Å². The number of nitrogens with one attached hydrogen (secondary N) is 1. The molecule has 3 rings (SSSR count). The van der Waals surface area contributed by atoms with Crippen molar-refractivity contribution >= 4 is 23.5 Å². The average molecular weight is 452 g/mol. The molecule has 2 aromatic carbocycles. The van der Waals surface area contributed by atoms with Crippen molar-refractivity contribution in [1.29, 1.82) is 0 Å². The van der Waals surface area contributed by atoms with E-state index >= 15 is 0 Å². The number of hydrogen-bond acceptors (Lipinski definition) is 3. The van der Waals surface area contributed by atoms with Gasteiger partial charge in [0.15, 0.2) is 5.69 Å². The number of aromatic carboxylic acids is 1. The first-order chi connectivity index (χ1) is 14.5. The largest absolute Gasteiger partial charge is 0.478 e. The number of imidazole rings is 1. The lowest BCUT2D eigenvalue weighted by Gasteiger charge is -2.17. The fraction of sp³-hybridized carbons (Fsp3) is 0.190. The fourth-order valence-electron chi connectivity index (χ4n) is 3.11. The van der Waals surface area contributed by atoms with Crippen LogP contribution in [-0.4, -0.2) is 26.5 Å². The quantitative estimate of drug-likeness (QED) is 0.569. The van der Waals surface area contributed by atoms with Crippen molar-refractivity contribution in [3.05, 3.63) is 81.9 Å². The van der Waals surface area contributed by atoms with Crippen LogP contribution in [0.1, 0.15) is 50.9 Å². The van der Waals surface area contributed by atoms with E-state index in [9.17, 15) is 22.8 Å². The number of hydrogen-bond donors (Lipinski definition) is 2. The van der Waals surface area contributed by atoms with E-state index in [1.807, 2.05) is 0 Å². The maximum absolute atomic E-state index is 13.6. The summed E-state index contributed by atoms with van der Waals surface area (Å²) >= 11 is 5.87. The van der Waals surface area contributed by atoms with Crippen molar-refractivity contribution in [2.45, 2.75) is 26.1 Å². The van der Waals surface area contributed by atoms with Crippen LogP contribution in [-0.2, 0) is 6.18 Å². The molecule has 162 valence electrons. The smallest absolute Gasteiger partial charge is 0.435 e. The number of carbonyl (C=O) groups is 2. The van der Waals surface area contributed by atoms with Crippen molar-refractivity contribution in [2.75, 3.05) is 0 Å². The molecular formula is C21H17ClF3N3O3. The minimum Gasteiger partial charge on any atom is -0.478 e. The molecule has 0 unspecified atom stereocenters. The summed E-state index contributed by atoms with van der Waals surface area (Å²) in [6.45, 7) is 2.95. The van der Waals surface area contributed by atoms with E-state index in [0.717, 1.165) is 4.57 Å². The highest BCUT2D eigenvalue weighted by Crippen LogP contribution is 2.33. The van der Waals surface area contributed by atoms with Gasteiger partial charge in [-0.05, 0) is 55.8 Å². The highest BCUT2D eigenvalue weighted by molar-refractivity contribution is 6.30. The topological polar surface area (TPSA) is 84.2 Å². The molecule has 0 aliphatic carbocycles. The second-order valence-electron chi connectivity index (χ2n) is 6.79. The Morgan fingerprint density at radius 2 is 1.68 bits per heavy atom. The number of carboxylic acid groups (broad SMARTS) is 1. The van der Waals surface area contributed by atoms with Crippen LogP contribution < -0.4 is 5.32 Å². The third-order valence-electron chi connectivity index (χ3n) is 4.62. The zero-order valence-electron chi connectivity index (χ0n) is 16.4. The Kier molecular flexibility index (Phi) is 6.08. The monoisotopic (exact) mass is 451 g/mol. The van der Waals surface area contributed by atoms with Crippen LogP contribution in [0.3, 0.4) is 0 Å². The van der Waals surface area contributed by atoms with E-state index in [1.165, 1.54) is 55.5 Å². The van der Waals surface area contributed by atoms with Gasteiger partial charge in [-0.15, -0.1) is 0 Å². The van der Waals surface area contributed by atoms with Crippen molar-refractivity contribution < 1.29 is 27.9 Å². The summed E-state index contributed by atoms with van der Waals surface area (Å²) in [6, 6.07) is 11.0. The molecule has 0 saturated heterocycles. The summed E-state index contributed by atoms with van der Waals surface area (Å²) < 4.78 is 42.0. The molecule has 2 N–H and O–H groups in total. The lowest BCUT2D eigenvalue weighted by molar-refractivity contribution is -0.141. The van der Waals surface area contributed by atoms with E-state index < -0.39 is 35.5 Å². The molecule has 10 heteroatoms. The molecular weight excluding hydrogens is 435 g/mol. The maximum atomic E-state index is 13.6. The second kappa shape index (κ2) is 8.43. The lowest BCUT2D eigenvalue weighted by Crippen LogP contribution is -2.30. The number of carbonyl (C=O) groups excluding carboxylic acids is 1. The number of aryl methyl sites for hydroxylation is 1. The third kappa shape index (κ3) is 4.72. The first-order valence-electron chi connectivity index (χ1n) is 9.05. The molecule has 1 aromatic heterocycles. The first kappa shape index (κ1) is 22.4. The number of nitrogens with zero attached hydrogens (tertiary/aromatic N) is 2. The number of alkyl halides is 3. The number of halogens is 4. The average Bonchev–Trinajstić information content (AvgIpc) is 3.06. The third-order valence-corrected chi connectivity index (χ3v) is 4.87. The predicted molar refractivity (Wildman–Crippen MR) is 108 cm³/mol. The van der Waals surface area contributed by atoms with Gasteiger partial charge in [-0.25, -0.2) is 9.78 Å². The molecule has 31 heavy (non-hydrogen) atoms. The van der Waals surface area contributed by atoms with Gasteiger partial charge in [0.2, 0.25) is 0 Å². The van der Waals surface area contributed by atoms with E-state index in [0.29, 0.717) is 16.3 Å². The van der Waals surface area contributed by atoms with Crippen LogP contribution in [0.5, 0.6) is 0 Å². The maximum Gasteiger partial charge on any atom is 0.435 e. The van der Waals surface area contributed by atoms with E-state index in [1.54, 1.807) is 6.92 Å². The Labute approximate surface area is 180 Å². The molecule has 1 atom stereocenters. The number of carboxylic acids is 1. The summed E-state index contributed by atoms with van der Waals surface area (Å²) in [7, 11) is 0. The van der Waals surface area contributed by atoms with E-state index in [-0.39, 0.29) is 11.4 Å².